The van der Waals surface area contributed by atoms with Gasteiger partial charge < -0.3 is 9.84 Å². The minimum Gasteiger partial charge on any atom is -0.356 e. The van der Waals surface area contributed by atoms with Crippen molar-refractivity contribution in [3.8, 4) is 11.4 Å². The molecule has 3 aromatic rings. The Balaban J connectivity index is 1.21. The zero-order valence-electron chi connectivity index (χ0n) is 18.5. The fraction of sp³-hybridized carbons (Fsp3) is 0.400. The number of hydrogen-bond acceptors (Lipinski definition) is 6. The number of thioether (sulfide) groups is 1. The van der Waals surface area contributed by atoms with Gasteiger partial charge in [0.25, 0.3) is 0 Å². The normalized spacial score (nSPS) is 16.7. The van der Waals surface area contributed by atoms with Crippen molar-refractivity contribution in [2.24, 2.45) is 5.92 Å². The van der Waals surface area contributed by atoms with Crippen molar-refractivity contribution in [3.63, 3.8) is 0 Å². The van der Waals surface area contributed by atoms with Crippen LogP contribution in [-0.4, -0.2) is 46.3 Å². The maximum atomic E-state index is 12.7. The predicted molar refractivity (Wildman–Crippen MR) is 127 cm³/mol. The molecule has 1 amide bonds. The third-order valence-electron chi connectivity index (χ3n) is 5.72. The number of rotatable bonds is 9. The fourth-order valence-corrected chi connectivity index (χ4v) is 4.87. The Morgan fingerprint density at radius 3 is 2.84 bits per heavy atom. The van der Waals surface area contributed by atoms with Crippen LogP contribution < -0.4 is 5.32 Å². The van der Waals surface area contributed by atoms with E-state index in [1.54, 1.807) is 0 Å². The average molecular weight is 451 g/mol. The Bertz CT molecular complexity index is 1010. The van der Waals surface area contributed by atoms with Gasteiger partial charge in [-0.3, -0.25) is 9.69 Å². The highest BCUT2D eigenvalue weighted by atomic mass is 32.2. The number of nitrogens with one attached hydrogen (secondary N) is 1. The van der Waals surface area contributed by atoms with Crippen LogP contribution in [0.1, 0.15) is 30.7 Å². The summed E-state index contributed by atoms with van der Waals surface area (Å²) in [6.45, 7) is 5.01. The molecule has 1 aromatic heterocycles. The molecule has 6 nitrogen and oxygen atoms in total. The van der Waals surface area contributed by atoms with E-state index in [4.69, 9.17) is 4.52 Å². The topological polar surface area (TPSA) is 71.3 Å². The number of piperidine rings is 1. The highest BCUT2D eigenvalue weighted by molar-refractivity contribution is 7.99. The summed E-state index contributed by atoms with van der Waals surface area (Å²) in [5.41, 5.74) is 2.11. The molecule has 32 heavy (non-hydrogen) atoms. The van der Waals surface area contributed by atoms with Crippen LogP contribution in [0.15, 0.2) is 64.0 Å². The molecule has 1 fully saturated rings. The minimum atomic E-state index is 0.0179. The first kappa shape index (κ1) is 22.6. The van der Waals surface area contributed by atoms with Gasteiger partial charge in [0.1, 0.15) is 0 Å². The molecular formula is C25H30N4O2S. The number of amides is 1. The Morgan fingerprint density at radius 2 is 2.00 bits per heavy atom. The zero-order valence-corrected chi connectivity index (χ0v) is 19.3. The van der Waals surface area contributed by atoms with Gasteiger partial charge in [-0.15, -0.1) is 11.8 Å². The first-order chi connectivity index (χ1) is 15.7. The molecule has 0 saturated carbocycles. The second-order valence-corrected chi connectivity index (χ2v) is 9.38. The van der Waals surface area contributed by atoms with E-state index in [-0.39, 0.29) is 11.8 Å². The van der Waals surface area contributed by atoms with Crippen LogP contribution in [0.2, 0.25) is 0 Å². The summed E-state index contributed by atoms with van der Waals surface area (Å²) in [5.74, 6) is 2.40. The van der Waals surface area contributed by atoms with E-state index in [2.05, 4.69) is 44.6 Å². The number of nitrogens with zero attached hydrogens (tertiary/aromatic N) is 3. The Hall–Kier alpha value is -2.64. The molecule has 0 radical (unpaired) electrons. The van der Waals surface area contributed by atoms with Gasteiger partial charge in [0.05, 0.1) is 12.5 Å². The summed E-state index contributed by atoms with van der Waals surface area (Å²) in [7, 11) is 0. The smallest absolute Gasteiger partial charge is 0.241 e. The van der Waals surface area contributed by atoms with E-state index in [1.807, 2.05) is 49.0 Å². The fourth-order valence-electron chi connectivity index (χ4n) is 3.99. The quantitative estimate of drug-likeness (QED) is 0.381. The highest BCUT2D eigenvalue weighted by Gasteiger charge is 2.26. The lowest BCUT2D eigenvalue weighted by atomic mass is 9.97. The molecule has 1 unspecified atom stereocenters. The van der Waals surface area contributed by atoms with Gasteiger partial charge in [0.2, 0.25) is 17.6 Å². The third-order valence-corrected chi connectivity index (χ3v) is 6.82. The van der Waals surface area contributed by atoms with Crippen LogP contribution >= 0.6 is 11.8 Å². The summed E-state index contributed by atoms with van der Waals surface area (Å²) in [4.78, 5) is 20.8. The van der Waals surface area contributed by atoms with Crippen molar-refractivity contribution in [1.82, 2.24) is 20.4 Å². The molecule has 1 saturated heterocycles. The molecule has 1 N–H and O–H groups in total. The summed E-state index contributed by atoms with van der Waals surface area (Å²) >= 11 is 1.83. The van der Waals surface area contributed by atoms with E-state index in [1.165, 1.54) is 4.90 Å². The monoisotopic (exact) mass is 450 g/mol. The maximum absolute atomic E-state index is 12.7. The lowest BCUT2D eigenvalue weighted by Crippen LogP contribution is -2.43. The molecule has 7 heteroatoms. The number of carbonyl (C=O) groups is 1. The molecule has 0 bridgehead atoms. The molecule has 0 aliphatic carbocycles. The summed E-state index contributed by atoms with van der Waals surface area (Å²) < 4.78 is 5.50. The van der Waals surface area contributed by atoms with E-state index in [9.17, 15) is 4.79 Å². The van der Waals surface area contributed by atoms with Crippen LogP contribution in [0.25, 0.3) is 11.4 Å². The number of likely N-dealkylation sites (tertiary alicyclic amines) is 1. The van der Waals surface area contributed by atoms with E-state index in [0.717, 1.165) is 55.8 Å². The van der Waals surface area contributed by atoms with Gasteiger partial charge in [-0.2, -0.15) is 4.98 Å². The second kappa shape index (κ2) is 11.3. The molecule has 1 aliphatic rings. The van der Waals surface area contributed by atoms with Crippen LogP contribution in [0.4, 0.5) is 0 Å². The van der Waals surface area contributed by atoms with Crippen LogP contribution in [0.3, 0.4) is 0 Å². The SMILES string of the molecule is Cc1ccccc1-c1noc(CN2CCCC(C(=O)NCCCSc3ccccc3)C2)n1. The first-order valence-electron chi connectivity index (χ1n) is 11.3. The first-order valence-corrected chi connectivity index (χ1v) is 12.2. The maximum Gasteiger partial charge on any atom is 0.241 e. The molecule has 1 atom stereocenters. The largest absolute Gasteiger partial charge is 0.356 e. The standard InChI is InChI=1S/C25H30N4O2S/c1-19-9-5-6-13-22(19)24-27-23(31-28-24)18-29-15-7-10-20(17-29)25(30)26-14-8-16-32-21-11-3-2-4-12-21/h2-6,9,11-13,20H,7-8,10,14-18H2,1H3,(H,26,30). The Labute approximate surface area is 193 Å². The summed E-state index contributed by atoms with van der Waals surface area (Å²) in [6.07, 6.45) is 2.89. The highest BCUT2D eigenvalue weighted by Crippen LogP contribution is 2.22. The van der Waals surface area contributed by atoms with Gasteiger partial charge in [0, 0.05) is 23.5 Å². The number of aryl methyl sites for hydroxylation is 1. The van der Waals surface area contributed by atoms with Gasteiger partial charge in [-0.25, -0.2) is 0 Å². The van der Waals surface area contributed by atoms with Crippen molar-refractivity contribution in [2.45, 2.75) is 37.6 Å². The molecule has 2 heterocycles. The van der Waals surface area contributed by atoms with Crippen LogP contribution in [-0.2, 0) is 11.3 Å². The van der Waals surface area contributed by atoms with E-state index >= 15 is 0 Å². The van der Waals surface area contributed by atoms with Gasteiger partial charge in [-0.05, 0) is 56.2 Å². The molecule has 4 rings (SSSR count). The Morgan fingerprint density at radius 1 is 1.19 bits per heavy atom. The molecule has 0 spiro atoms. The number of benzene rings is 2. The third kappa shape index (κ3) is 6.20. The van der Waals surface area contributed by atoms with Crippen molar-refractivity contribution in [1.29, 1.82) is 0 Å². The number of carbonyl (C=O) groups excluding carboxylic acids is 1. The van der Waals surface area contributed by atoms with Gasteiger partial charge >= 0.3 is 0 Å². The molecular weight excluding hydrogens is 420 g/mol. The molecule has 168 valence electrons. The predicted octanol–water partition coefficient (Wildman–Crippen LogP) is 4.56. The van der Waals surface area contributed by atoms with Crippen molar-refractivity contribution in [3.05, 3.63) is 66.1 Å². The zero-order chi connectivity index (χ0) is 22.2. The molecule has 1 aliphatic heterocycles. The number of aromatic nitrogens is 2. The minimum absolute atomic E-state index is 0.0179. The average Bonchev–Trinajstić information content (AvgIpc) is 3.28. The second-order valence-electron chi connectivity index (χ2n) is 8.21. The summed E-state index contributed by atoms with van der Waals surface area (Å²) in [6, 6.07) is 18.4. The van der Waals surface area contributed by atoms with Gasteiger partial charge in [-0.1, -0.05) is 47.6 Å². The van der Waals surface area contributed by atoms with Crippen molar-refractivity contribution >= 4 is 17.7 Å². The van der Waals surface area contributed by atoms with Crippen molar-refractivity contribution < 1.29 is 9.32 Å². The van der Waals surface area contributed by atoms with Crippen LogP contribution in [0.5, 0.6) is 0 Å². The van der Waals surface area contributed by atoms with E-state index < -0.39 is 0 Å². The lowest BCUT2D eigenvalue weighted by Gasteiger charge is -2.30. The lowest BCUT2D eigenvalue weighted by molar-refractivity contribution is -0.126. The van der Waals surface area contributed by atoms with E-state index in [0.29, 0.717) is 18.3 Å². The van der Waals surface area contributed by atoms with Crippen LogP contribution in [0, 0.1) is 12.8 Å². The Kier molecular flexibility index (Phi) is 7.96. The van der Waals surface area contributed by atoms with Gasteiger partial charge in [0.15, 0.2) is 0 Å². The summed E-state index contributed by atoms with van der Waals surface area (Å²) in [5, 5.41) is 7.28. The molecule has 2 aromatic carbocycles. The van der Waals surface area contributed by atoms with Crippen molar-refractivity contribution in [2.75, 3.05) is 25.4 Å². The number of hydrogen-bond donors (Lipinski definition) is 1.